The second-order valence-electron chi connectivity index (χ2n) is 7.52. The number of amides is 1. The van der Waals surface area contributed by atoms with E-state index in [1.807, 2.05) is 0 Å². The molecule has 1 aliphatic heterocycles. The van der Waals surface area contributed by atoms with Crippen molar-refractivity contribution in [2.45, 2.75) is 49.5 Å². The molecule has 7 nitrogen and oxygen atoms in total. The number of rotatable bonds is 8. The molecule has 0 unspecified atom stereocenters. The van der Waals surface area contributed by atoms with Gasteiger partial charge in [-0.25, -0.2) is 8.42 Å². The van der Waals surface area contributed by atoms with Crippen LogP contribution in [0.3, 0.4) is 0 Å². The average molecular weight is 479 g/mol. The van der Waals surface area contributed by atoms with E-state index in [-0.39, 0.29) is 33.6 Å². The molecule has 1 N–H and O–H groups in total. The zero-order chi connectivity index (χ0) is 21.6. The molecule has 1 aliphatic carbocycles. The minimum absolute atomic E-state index is 0.0103. The van der Waals surface area contributed by atoms with E-state index >= 15 is 0 Å². The van der Waals surface area contributed by atoms with Gasteiger partial charge in [0.15, 0.2) is 0 Å². The third kappa shape index (κ3) is 6.08. The summed E-state index contributed by atoms with van der Waals surface area (Å²) in [4.78, 5) is 12.5. The molecule has 3 rings (SSSR count). The van der Waals surface area contributed by atoms with Crippen LogP contribution in [0, 0.1) is 0 Å². The zero-order valence-electron chi connectivity index (χ0n) is 16.9. The van der Waals surface area contributed by atoms with Crippen LogP contribution in [-0.2, 0) is 19.5 Å². The predicted octanol–water partition coefficient (Wildman–Crippen LogP) is 3.48. The number of ether oxygens (including phenoxy) is 2. The van der Waals surface area contributed by atoms with E-state index in [0.29, 0.717) is 38.9 Å². The summed E-state index contributed by atoms with van der Waals surface area (Å²) in [7, 11) is -3.84. The first-order valence-corrected chi connectivity index (χ1v) is 12.6. The summed E-state index contributed by atoms with van der Waals surface area (Å²) in [6.07, 6.45) is 6.92. The quantitative estimate of drug-likeness (QED) is 0.578. The van der Waals surface area contributed by atoms with Crippen molar-refractivity contribution < 1.29 is 22.7 Å². The number of carbonyl (C=O) groups is 1. The highest BCUT2D eigenvalue weighted by molar-refractivity contribution is 7.89. The molecule has 0 spiro atoms. The Kier molecular flexibility index (Phi) is 8.80. The van der Waals surface area contributed by atoms with Gasteiger partial charge in [-0.05, 0) is 31.4 Å². The van der Waals surface area contributed by atoms with Gasteiger partial charge in [-0.3, -0.25) is 4.79 Å². The molecule has 1 amide bonds. The monoisotopic (exact) mass is 478 g/mol. The molecule has 2 aliphatic rings. The highest BCUT2D eigenvalue weighted by Crippen LogP contribution is 2.31. The van der Waals surface area contributed by atoms with Crippen LogP contribution in [0.4, 0.5) is 0 Å². The number of hydrogen-bond acceptors (Lipinski definition) is 5. The summed E-state index contributed by atoms with van der Waals surface area (Å²) in [5.41, 5.74) is 0.0844. The maximum atomic E-state index is 12.9. The maximum Gasteiger partial charge on any atom is 0.252 e. The van der Waals surface area contributed by atoms with Gasteiger partial charge in [0, 0.05) is 26.2 Å². The normalized spacial score (nSPS) is 19.0. The van der Waals surface area contributed by atoms with Crippen LogP contribution in [0.5, 0.6) is 0 Å². The van der Waals surface area contributed by atoms with Crippen LogP contribution in [0.2, 0.25) is 10.0 Å². The van der Waals surface area contributed by atoms with Gasteiger partial charge in [0.25, 0.3) is 5.91 Å². The highest BCUT2D eigenvalue weighted by atomic mass is 35.5. The van der Waals surface area contributed by atoms with Crippen molar-refractivity contribution >= 4 is 39.1 Å². The molecule has 1 saturated carbocycles. The van der Waals surface area contributed by atoms with Gasteiger partial charge >= 0.3 is 0 Å². The number of halogens is 2. The summed E-state index contributed by atoms with van der Waals surface area (Å²) in [5.74, 6) is -0.437. The SMILES string of the molecule is O=C(NCCCOC1CCCCC1)c1cc(S(=O)(=O)N2CCOCC2)c(Cl)cc1Cl. The number of benzene rings is 1. The fourth-order valence-corrected chi connectivity index (χ4v) is 5.92. The van der Waals surface area contributed by atoms with Gasteiger partial charge in [0.2, 0.25) is 10.0 Å². The summed E-state index contributed by atoms with van der Waals surface area (Å²) in [6, 6.07) is 2.56. The minimum Gasteiger partial charge on any atom is -0.379 e. The Morgan fingerprint density at radius 1 is 1.13 bits per heavy atom. The lowest BCUT2D eigenvalue weighted by Crippen LogP contribution is -2.40. The minimum atomic E-state index is -3.84. The van der Waals surface area contributed by atoms with Crippen molar-refractivity contribution in [3.8, 4) is 0 Å². The molecule has 0 aromatic heterocycles. The fourth-order valence-electron chi connectivity index (χ4n) is 3.68. The third-order valence-electron chi connectivity index (χ3n) is 5.37. The molecule has 2 fully saturated rings. The molecule has 0 bridgehead atoms. The van der Waals surface area contributed by atoms with Crippen LogP contribution >= 0.6 is 23.2 Å². The predicted molar refractivity (Wildman–Crippen MR) is 116 cm³/mol. The Balaban J connectivity index is 1.59. The largest absolute Gasteiger partial charge is 0.379 e. The Hall–Kier alpha value is -0.900. The van der Waals surface area contributed by atoms with Crippen LogP contribution in [0.25, 0.3) is 0 Å². The van der Waals surface area contributed by atoms with Gasteiger partial charge in [-0.1, -0.05) is 42.5 Å². The van der Waals surface area contributed by atoms with Gasteiger partial charge < -0.3 is 14.8 Å². The smallest absolute Gasteiger partial charge is 0.252 e. The Morgan fingerprint density at radius 3 is 2.53 bits per heavy atom. The Morgan fingerprint density at radius 2 is 1.83 bits per heavy atom. The molecule has 0 radical (unpaired) electrons. The van der Waals surface area contributed by atoms with Gasteiger partial charge in [0.05, 0.1) is 34.9 Å². The molecule has 1 saturated heterocycles. The van der Waals surface area contributed by atoms with E-state index in [9.17, 15) is 13.2 Å². The van der Waals surface area contributed by atoms with Crippen molar-refractivity contribution in [3.63, 3.8) is 0 Å². The molecular weight excluding hydrogens is 451 g/mol. The molecule has 168 valence electrons. The third-order valence-corrected chi connectivity index (χ3v) is 8.04. The zero-order valence-corrected chi connectivity index (χ0v) is 19.2. The lowest BCUT2D eigenvalue weighted by Gasteiger charge is -2.26. The molecule has 1 aromatic carbocycles. The first kappa shape index (κ1) is 23.8. The van der Waals surface area contributed by atoms with Crippen LogP contribution in [-0.4, -0.2) is 64.2 Å². The molecule has 0 atom stereocenters. The maximum absolute atomic E-state index is 12.9. The second kappa shape index (κ2) is 11.1. The molecular formula is C20H28Cl2N2O5S. The number of sulfonamides is 1. The lowest BCUT2D eigenvalue weighted by molar-refractivity contribution is 0.0273. The summed E-state index contributed by atoms with van der Waals surface area (Å²) in [6.45, 7) is 2.11. The van der Waals surface area contributed by atoms with E-state index in [0.717, 1.165) is 12.8 Å². The second-order valence-corrected chi connectivity index (χ2v) is 10.2. The van der Waals surface area contributed by atoms with Crippen LogP contribution in [0.1, 0.15) is 48.9 Å². The number of hydrogen-bond donors (Lipinski definition) is 1. The van der Waals surface area contributed by atoms with Crippen molar-refractivity contribution in [1.82, 2.24) is 9.62 Å². The standard InChI is InChI=1S/C20H28Cl2N2O5S/c21-17-14-18(22)19(30(26,27)24-8-11-28-12-9-24)13-16(17)20(25)23-7-4-10-29-15-5-2-1-3-6-15/h13-15H,1-12H2,(H,23,25). The van der Waals surface area contributed by atoms with E-state index < -0.39 is 15.9 Å². The number of nitrogens with one attached hydrogen (secondary N) is 1. The number of morpholine rings is 1. The molecule has 1 aromatic rings. The summed E-state index contributed by atoms with van der Waals surface area (Å²) >= 11 is 12.3. The van der Waals surface area contributed by atoms with Gasteiger partial charge in [-0.15, -0.1) is 0 Å². The highest BCUT2D eigenvalue weighted by Gasteiger charge is 2.30. The Labute approximate surface area is 188 Å². The van der Waals surface area contributed by atoms with Crippen molar-refractivity contribution in [1.29, 1.82) is 0 Å². The van der Waals surface area contributed by atoms with Crippen molar-refractivity contribution in [3.05, 3.63) is 27.7 Å². The summed E-state index contributed by atoms with van der Waals surface area (Å²) < 4.78 is 38.2. The summed E-state index contributed by atoms with van der Waals surface area (Å²) in [5, 5.41) is 2.88. The molecule has 30 heavy (non-hydrogen) atoms. The van der Waals surface area contributed by atoms with E-state index in [1.54, 1.807) is 0 Å². The molecule has 1 heterocycles. The first-order chi connectivity index (χ1) is 14.4. The van der Waals surface area contributed by atoms with Crippen LogP contribution < -0.4 is 5.32 Å². The average Bonchev–Trinajstić information content (AvgIpc) is 2.74. The molecule has 10 heteroatoms. The van der Waals surface area contributed by atoms with Gasteiger partial charge in [0.1, 0.15) is 4.90 Å². The van der Waals surface area contributed by atoms with E-state index in [1.165, 1.54) is 35.7 Å². The lowest BCUT2D eigenvalue weighted by atomic mass is 9.98. The topological polar surface area (TPSA) is 84.9 Å². The van der Waals surface area contributed by atoms with E-state index in [4.69, 9.17) is 32.7 Å². The Bertz CT molecular complexity index is 838. The van der Waals surface area contributed by atoms with Gasteiger partial charge in [-0.2, -0.15) is 4.31 Å². The van der Waals surface area contributed by atoms with Crippen LogP contribution in [0.15, 0.2) is 17.0 Å². The van der Waals surface area contributed by atoms with Crippen molar-refractivity contribution in [2.24, 2.45) is 0 Å². The van der Waals surface area contributed by atoms with E-state index in [2.05, 4.69) is 5.32 Å². The number of carbonyl (C=O) groups excluding carboxylic acids is 1. The van der Waals surface area contributed by atoms with Crippen molar-refractivity contribution in [2.75, 3.05) is 39.5 Å². The number of nitrogens with zero attached hydrogens (tertiary/aromatic N) is 1. The fraction of sp³-hybridized carbons (Fsp3) is 0.650. The first-order valence-electron chi connectivity index (χ1n) is 10.4.